The maximum atomic E-state index is 15.3. The minimum atomic E-state index is -1.36. The molecule has 7 nitrogen and oxygen atoms in total. The van der Waals surface area contributed by atoms with Crippen LogP contribution in [0.15, 0.2) is 72.9 Å². The van der Waals surface area contributed by atoms with E-state index < -0.39 is 29.8 Å². The third kappa shape index (κ3) is 5.55. The molecule has 0 bridgehead atoms. The molecular formula is C28H25ClFN3O4. The number of hydrogen-bond acceptors (Lipinski definition) is 4. The average Bonchev–Trinajstić information content (AvgIpc) is 3.23. The molecule has 0 aliphatic carbocycles. The zero-order chi connectivity index (χ0) is 26.7. The van der Waals surface area contributed by atoms with Gasteiger partial charge in [-0.25, -0.2) is 4.39 Å². The van der Waals surface area contributed by atoms with Gasteiger partial charge in [-0.3, -0.25) is 14.4 Å². The fourth-order valence-corrected chi connectivity index (χ4v) is 4.40. The summed E-state index contributed by atoms with van der Waals surface area (Å²) in [7, 11) is 0. The first-order valence-electron chi connectivity index (χ1n) is 11.6. The van der Waals surface area contributed by atoms with E-state index in [2.05, 4.69) is 10.6 Å². The van der Waals surface area contributed by atoms with Crippen LogP contribution in [0.5, 0.6) is 0 Å². The standard InChI is InChI=1S/C28H25ClFN3O4/c1-16(34)21-14-33(24-13-6-4-9-19(21)24)15-25(36)32-27(17(2)35)28(37)31-23-12-7-10-20(26(23)30)18-8-3-5-11-22(18)29/h3-14,17,27,35H,15H2,1-2H3,(H,31,37)(H,32,36). The minimum Gasteiger partial charge on any atom is -0.391 e. The summed E-state index contributed by atoms with van der Waals surface area (Å²) in [6.07, 6.45) is 0.313. The summed E-state index contributed by atoms with van der Waals surface area (Å²) in [4.78, 5) is 37.8. The van der Waals surface area contributed by atoms with Crippen molar-refractivity contribution in [3.8, 4) is 11.1 Å². The summed E-state index contributed by atoms with van der Waals surface area (Å²) < 4.78 is 16.9. The van der Waals surface area contributed by atoms with Crippen LogP contribution in [-0.2, 0) is 16.1 Å². The SMILES string of the molecule is CC(=O)c1cn(CC(=O)NC(C(=O)Nc2cccc(-c3ccccc3Cl)c2F)C(C)O)c2ccccc12. The van der Waals surface area contributed by atoms with Gasteiger partial charge in [-0.1, -0.05) is 60.1 Å². The Morgan fingerprint density at radius 3 is 2.38 bits per heavy atom. The van der Waals surface area contributed by atoms with Gasteiger partial charge < -0.3 is 20.3 Å². The lowest BCUT2D eigenvalue weighted by Crippen LogP contribution is -2.51. The van der Waals surface area contributed by atoms with Gasteiger partial charge in [-0.2, -0.15) is 0 Å². The molecule has 0 radical (unpaired) electrons. The van der Waals surface area contributed by atoms with Gasteiger partial charge in [0.15, 0.2) is 11.6 Å². The molecule has 2 amide bonds. The first-order chi connectivity index (χ1) is 17.7. The number of carbonyl (C=O) groups is 3. The molecule has 2 atom stereocenters. The summed E-state index contributed by atoms with van der Waals surface area (Å²) in [6, 6.07) is 17.0. The van der Waals surface area contributed by atoms with Crippen molar-refractivity contribution in [1.29, 1.82) is 0 Å². The van der Waals surface area contributed by atoms with Crippen LogP contribution in [0.4, 0.5) is 10.1 Å². The first-order valence-corrected chi connectivity index (χ1v) is 12.0. The van der Waals surface area contributed by atoms with Gasteiger partial charge in [-0.05, 0) is 32.0 Å². The van der Waals surface area contributed by atoms with Crippen LogP contribution in [0.1, 0.15) is 24.2 Å². The van der Waals surface area contributed by atoms with Gasteiger partial charge in [-0.15, -0.1) is 0 Å². The number of nitrogens with one attached hydrogen (secondary N) is 2. The summed E-state index contributed by atoms with van der Waals surface area (Å²) in [6.45, 7) is 2.60. The number of aromatic nitrogens is 1. The molecule has 0 aliphatic heterocycles. The van der Waals surface area contributed by atoms with Crippen LogP contribution in [0.25, 0.3) is 22.0 Å². The minimum absolute atomic E-state index is 0.121. The smallest absolute Gasteiger partial charge is 0.249 e. The molecule has 0 saturated heterocycles. The Balaban J connectivity index is 1.53. The number of hydrogen-bond donors (Lipinski definition) is 3. The number of aliphatic hydroxyl groups excluding tert-OH is 1. The summed E-state index contributed by atoms with van der Waals surface area (Å²) in [5.74, 6) is -2.20. The van der Waals surface area contributed by atoms with Crippen molar-refractivity contribution < 1.29 is 23.9 Å². The second kappa shape index (κ2) is 10.9. The van der Waals surface area contributed by atoms with Gasteiger partial charge in [0.2, 0.25) is 11.8 Å². The first kappa shape index (κ1) is 26.1. The van der Waals surface area contributed by atoms with Crippen LogP contribution < -0.4 is 10.6 Å². The lowest BCUT2D eigenvalue weighted by atomic mass is 10.0. The number of amides is 2. The number of halogens is 2. The van der Waals surface area contributed by atoms with Gasteiger partial charge in [0.25, 0.3) is 0 Å². The van der Waals surface area contributed by atoms with E-state index in [1.54, 1.807) is 65.4 Å². The van der Waals surface area contributed by atoms with Gasteiger partial charge in [0.1, 0.15) is 12.6 Å². The molecule has 4 aromatic rings. The molecule has 2 unspecified atom stereocenters. The number of Topliss-reactive ketones (excluding diaryl/α,β-unsaturated/α-hetero) is 1. The summed E-state index contributed by atoms with van der Waals surface area (Å²) in [5, 5.41) is 16.3. The Bertz CT molecular complexity index is 1500. The van der Waals surface area contributed by atoms with Crippen molar-refractivity contribution in [1.82, 2.24) is 9.88 Å². The van der Waals surface area contributed by atoms with E-state index in [0.717, 1.165) is 0 Å². The predicted molar refractivity (Wildman–Crippen MR) is 141 cm³/mol. The molecule has 4 rings (SSSR count). The van der Waals surface area contributed by atoms with E-state index >= 15 is 4.39 Å². The molecule has 190 valence electrons. The molecule has 1 heterocycles. The Hall–Kier alpha value is -4.01. The zero-order valence-corrected chi connectivity index (χ0v) is 20.9. The molecule has 0 aliphatic rings. The number of aliphatic hydroxyl groups is 1. The normalized spacial score (nSPS) is 12.7. The lowest BCUT2D eigenvalue weighted by Gasteiger charge is -2.21. The average molecular weight is 522 g/mol. The van der Waals surface area contributed by atoms with E-state index in [1.165, 1.54) is 26.0 Å². The number of para-hydroxylation sites is 1. The van der Waals surface area contributed by atoms with E-state index in [1.807, 2.05) is 0 Å². The van der Waals surface area contributed by atoms with Crippen molar-refractivity contribution in [2.24, 2.45) is 0 Å². The quantitative estimate of drug-likeness (QED) is 0.290. The van der Waals surface area contributed by atoms with E-state index in [9.17, 15) is 19.5 Å². The molecule has 3 N–H and O–H groups in total. The van der Waals surface area contributed by atoms with Crippen molar-refractivity contribution in [3.05, 3.63) is 89.3 Å². The Morgan fingerprint density at radius 1 is 1.00 bits per heavy atom. The maximum absolute atomic E-state index is 15.3. The summed E-state index contributed by atoms with van der Waals surface area (Å²) >= 11 is 6.20. The zero-order valence-electron chi connectivity index (χ0n) is 20.2. The predicted octanol–water partition coefficient (Wildman–Crippen LogP) is 4.81. The highest BCUT2D eigenvalue weighted by atomic mass is 35.5. The number of ketones is 1. The van der Waals surface area contributed by atoms with E-state index in [4.69, 9.17) is 11.6 Å². The number of benzene rings is 3. The summed E-state index contributed by atoms with van der Waals surface area (Å²) in [5.41, 5.74) is 1.69. The van der Waals surface area contributed by atoms with Crippen LogP contribution in [-0.4, -0.2) is 39.4 Å². The molecule has 37 heavy (non-hydrogen) atoms. The molecule has 3 aromatic carbocycles. The van der Waals surface area contributed by atoms with Crippen molar-refractivity contribution in [2.45, 2.75) is 32.5 Å². The highest BCUT2D eigenvalue weighted by Crippen LogP contribution is 2.32. The second-order valence-corrected chi connectivity index (χ2v) is 9.07. The molecule has 0 saturated carbocycles. The molecule has 9 heteroatoms. The van der Waals surface area contributed by atoms with Crippen LogP contribution in [0.2, 0.25) is 5.02 Å². The number of fused-ring (bicyclic) bond motifs is 1. The largest absolute Gasteiger partial charge is 0.391 e. The molecule has 1 aromatic heterocycles. The fraction of sp³-hybridized carbons (Fsp3) is 0.179. The Morgan fingerprint density at radius 2 is 1.68 bits per heavy atom. The van der Waals surface area contributed by atoms with Gasteiger partial charge in [0, 0.05) is 38.8 Å². The van der Waals surface area contributed by atoms with Crippen molar-refractivity contribution in [3.63, 3.8) is 0 Å². The fourth-order valence-electron chi connectivity index (χ4n) is 4.16. The topological polar surface area (TPSA) is 100 Å². The molecule has 0 fully saturated rings. The number of nitrogens with zero attached hydrogens (tertiary/aromatic N) is 1. The molecule has 0 spiro atoms. The maximum Gasteiger partial charge on any atom is 0.249 e. The van der Waals surface area contributed by atoms with Crippen LogP contribution in [0.3, 0.4) is 0 Å². The van der Waals surface area contributed by atoms with Gasteiger partial charge >= 0.3 is 0 Å². The Kier molecular flexibility index (Phi) is 7.71. The van der Waals surface area contributed by atoms with Crippen LogP contribution in [0, 0.1) is 5.82 Å². The third-order valence-electron chi connectivity index (χ3n) is 5.98. The van der Waals surface area contributed by atoms with Crippen LogP contribution >= 0.6 is 11.6 Å². The van der Waals surface area contributed by atoms with Gasteiger partial charge in [0.05, 0.1) is 11.8 Å². The third-order valence-corrected chi connectivity index (χ3v) is 6.31. The van der Waals surface area contributed by atoms with Crippen molar-refractivity contribution >= 4 is 45.8 Å². The van der Waals surface area contributed by atoms with Crippen molar-refractivity contribution in [2.75, 3.05) is 5.32 Å². The monoisotopic (exact) mass is 521 g/mol. The highest BCUT2D eigenvalue weighted by Gasteiger charge is 2.27. The van der Waals surface area contributed by atoms with E-state index in [-0.39, 0.29) is 23.6 Å². The van der Waals surface area contributed by atoms with E-state index in [0.29, 0.717) is 27.1 Å². The lowest BCUT2D eigenvalue weighted by molar-refractivity contribution is -0.129. The number of carbonyl (C=O) groups excluding carboxylic acids is 3. The molecular weight excluding hydrogens is 497 g/mol. The number of rotatable bonds is 8. The number of anilines is 1. The highest BCUT2D eigenvalue weighted by molar-refractivity contribution is 6.33. The Labute approximate surface area is 217 Å². The second-order valence-electron chi connectivity index (χ2n) is 8.67.